The Bertz CT molecular complexity index is 2730. The summed E-state index contributed by atoms with van der Waals surface area (Å²) in [5, 5.41) is 8.62. The summed E-state index contributed by atoms with van der Waals surface area (Å²) in [5.41, 5.74) is 3.07. The third kappa shape index (κ3) is 11.7. The minimum atomic E-state index is -5.84. The maximum atomic E-state index is 14.5. The number of nitrogens with zero attached hydrogens (tertiary/aromatic N) is 4. The Morgan fingerprint density at radius 2 is 1.72 bits per heavy atom. The van der Waals surface area contributed by atoms with Gasteiger partial charge in [-0.3, -0.25) is 43.5 Å². The van der Waals surface area contributed by atoms with Crippen molar-refractivity contribution < 1.29 is 56.6 Å². The van der Waals surface area contributed by atoms with Gasteiger partial charge in [-0.2, -0.15) is 8.78 Å². The van der Waals surface area contributed by atoms with Crippen LogP contribution < -0.4 is 31.3 Å². The fourth-order valence-electron chi connectivity index (χ4n) is 9.87. The smallest absolute Gasteiger partial charge is 0.399 e. The van der Waals surface area contributed by atoms with E-state index in [0.717, 1.165) is 48.6 Å². The predicted octanol–water partition coefficient (Wildman–Crippen LogP) is 3.51. The summed E-state index contributed by atoms with van der Waals surface area (Å²) in [4.78, 5) is 107. The number of carbonyl (C=O) groups excluding carboxylic acids is 6. The summed E-state index contributed by atoms with van der Waals surface area (Å²) < 4.78 is 46.7. The van der Waals surface area contributed by atoms with Crippen LogP contribution in [0.3, 0.4) is 0 Å². The molecule has 23 heteroatoms. The number of carbonyl (C=O) groups is 6. The van der Waals surface area contributed by atoms with Crippen molar-refractivity contribution in [1.82, 2.24) is 35.6 Å². The van der Waals surface area contributed by atoms with Crippen molar-refractivity contribution in [3.63, 3.8) is 0 Å². The molecule has 19 nitrogen and oxygen atoms in total. The number of hydrogen-bond acceptors (Lipinski definition) is 11. The number of benzene rings is 3. The molecule has 380 valence electrons. The number of alkyl halides is 2. The molecule has 0 saturated carbocycles. The molecule has 4 aromatic rings. The van der Waals surface area contributed by atoms with Gasteiger partial charge in [-0.25, -0.2) is 0 Å². The highest BCUT2D eigenvalue weighted by atomic mass is 35.5. The molecular formula is C48H57ClF2N9O10P. The number of H-pyrrole nitrogens is 1. The molecule has 0 aliphatic carbocycles. The fraction of sp³-hybridized carbons (Fsp3) is 0.458. The minimum Gasteiger partial charge on any atom is -0.490 e. The standard InChI is InChI=1S/C48H57ClF2N9O10P/c1-57-18-17-33-11-14-39(60(33)47(66)37(26-57)55-45(64)36-24-30-23-31(9-13-35(30)54-36)48(50,51)71(67,68)69)46(65)53-32(10-15-41(52)61)27-70-40-4-2-3-38(43(40)49)59-21-19-58(20-22-59)25-28-5-7-29(8-6-28)34-12-16-42(62)56-44(34)63/h2-9,13,23-24,32-34,37,39,54H,10-12,14-22,25-27H2,1H3,(H2,52,61)(H,53,65)(H,55,64)(H,56,62,63)(H2,67,68,69)/t32-,33+,34?,37-,39-/m0/s1. The number of nitrogens with two attached hydrogens (primary N) is 1. The topological polar surface area (TPSA) is 260 Å². The van der Waals surface area contributed by atoms with Gasteiger partial charge >= 0.3 is 13.3 Å². The molecule has 5 atom stereocenters. The lowest BCUT2D eigenvalue weighted by atomic mass is 9.90. The van der Waals surface area contributed by atoms with Crippen LogP contribution in [0.15, 0.2) is 66.7 Å². The molecule has 0 spiro atoms. The normalized spacial score (nSPS) is 22.1. The molecule has 4 fully saturated rings. The molecule has 4 aliphatic heterocycles. The molecule has 1 unspecified atom stereocenters. The van der Waals surface area contributed by atoms with Gasteiger partial charge in [0.15, 0.2) is 0 Å². The number of ether oxygens (including phenoxy) is 1. The number of primary amides is 1. The van der Waals surface area contributed by atoms with Crippen molar-refractivity contribution >= 4 is 71.2 Å². The summed E-state index contributed by atoms with van der Waals surface area (Å²) in [5.74, 6) is -2.76. The van der Waals surface area contributed by atoms with Crippen LogP contribution in [-0.2, 0) is 40.7 Å². The van der Waals surface area contributed by atoms with Gasteiger partial charge in [0, 0.05) is 74.6 Å². The van der Waals surface area contributed by atoms with Crippen LogP contribution in [0, 0.1) is 0 Å². The van der Waals surface area contributed by atoms with E-state index in [0.29, 0.717) is 62.5 Å². The fourth-order valence-corrected chi connectivity index (χ4v) is 10.6. The molecule has 0 bridgehead atoms. The van der Waals surface area contributed by atoms with Gasteiger partial charge in [-0.05, 0) is 87.2 Å². The number of amides is 6. The van der Waals surface area contributed by atoms with Crippen LogP contribution in [-0.4, -0.2) is 142 Å². The van der Waals surface area contributed by atoms with E-state index >= 15 is 0 Å². The Hall–Kier alpha value is -5.96. The van der Waals surface area contributed by atoms with Gasteiger partial charge in [-0.1, -0.05) is 48.0 Å². The van der Waals surface area contributed by atoms with Gasteiger partial charge in [0.1, 0.15) is 35.2 Å². The van der Waals surface area contributed by atoms with Crippen molar-refractivity contribution in [2.45, 2.75) is 87.2 Å². The maximum absolute atomic E-state index is 14.5. The van der Waals surface area contributed by atoms with E-state index in [9.17, 15) is 51.9 Å². The lowest BCUT2D eigenvalue weighted by Crippen LogP contribution is -2.60. The van der Waals surface area contributed by atoms with Crippen LogP contribution in [0.4, 0.5) is 14.5 Å². The van der Waals surface area contributed by atoms with Gasteiger partial charge in [-0.15, -0.1) is 0 Å². The number of nitrogens with one attached hydrogen (secondary N) is 4. The average molecular weight is 1020 g/mol. The molecule has 71 heavy (non-hydrogen) atoms. The zero-order chi connectivity index (χ0) is 50.8. The number of imide groups is 1. The molecule has 8 rings (SSSR count). The number of rotatable bonds is 16. The van der Waals surface area contributed by atoms with Crippen LogP contribution in [0.25, 0.3) is 10.9 Å². The van der Waals surface area contributed by atoms with Crippen molar-refractivity contribution in [2.24, 2.45) is 5.73 Å². The minimum absolute atomic E-state index is 0.0616. The van der Waals surface area contributed by atoms with E-state index in [1.54, 1.807) is 13.1 Å². The number of hydrogen-bond donors (Lipinski definition) is 7. The summed E-state index contributed by atoms with van der Waals surface area (Å²) in [7, 11) is -4.04. The zero-order valence-corrected chi connectivity index (χ0v) is 40.6. The number of likely N-dealkylation sites (N-methyl/N-ethyl adjacent to an activating group) is 1. The number of anilines is 1. The summed E-state index contributed by atoms with van der Waals surface area (Å²) in [6, 6.07) is 14.5. The van der Waals surface area contributed by atoms with E-state index in [1.807, 2.05) is 41.3 Å². The molecule has 3 aromatic carbocycles. The maximum Gasteiger partial charge on any atom is 0.399 e. The lowest BCUT2D eigenvalue weighted by Gasteiger charge is -2.38. The second-order valence-corrected chi connectivity index (χ2v) is 20.8. The van der Waals surface area contributed by atoms with E-state index in [4.69, 9.17) is 22.1 Å². The largest absolute Gasteiger partial charge is 0.490 e. The number of halogens is 3. The van der Waals surface area contributed by atoms with Crippen LogP contribution in [0.5, 0.6) is 5.75 Å². The molecule has 4 saturated heterocycles. The number of piperidine rings is 1. The summed E-state index contributed by atoms with van der Waals surface area (Å²) in [6.07, 6.45) is 2.31. The average Bonchev–Trinajstić information content (AvgIpc) is 3.96. The first kappa shape index (κ1) is 51.4. The van der Waals surface area contributed by atoms with Crippen LogP contribution >= 0.6 is 19.2 Å². The Balaban J connectivity index is 0.886. The van der Waals surface area contributed by atoms with E-state index in [-0.39, 0.29) is 66.4 Å². The second-order valence-electron chi connectivity index (χ2n) is 18.8. The Morgan fingerprint density at radius 3 is 2.42 bits per heavy atom. The first-order valence-electron chi connectivity index (χ1n) is 23.5. The molecule has 0 radical (unpaired) electrons. The SMILES string of the molecule is CN1CC[C@H]2CC[C@@H](C(=O)N[C@@H](CCC(N)=O)COc3cccc(N4CCN(Cc5ccc(C6CCC(=O)NC6=O)cc5)CC4)c3Cl)N2C(=O)[C@@H](NC(=O)c2cc3cc(C(F)(F)P(=O)(O)O)ccc3[nH]2)C1. The summed E-state index contributed by atoms with van der Waals surface area (Å²) in [6.45, 7) is 4.17. The van der Waals surface area contributed by atoms with Crippen molar-refractivity contribution in [3.05, 3.63) is 94.1 Å². The van der Waals surface area contributed by atoms with E-state index < -0.39 is 60.6 Å². The highest BCUT2D eigenvalue weighted by molar-refractivity contribution is 7.52. The van der Waals surface area contributed by atoms with Crippen molar-refractivity contribution in [1.29, 1.82) is 0 Å². The van der Waals surface area contributed by atoms with E-state index in [2.05, 4.69) is 30.7 Å². The molecule has 4 aliphatic rings. The van der Waals surface area contributed by atoms with Gasteiger partial charge in [0.25, 0.3) is 5.91 Å². The molecule has 6 amide bonds. The second kappa shape index (κ2) is 21.4. The zero-order valence-electron chi connectivity index (χ0n) is 39.0. The number of aromatic nitrogens is 1. The highest BCUT2D eigenvalue weighted by Crippen LogP contribution is 2.59. The van der Waals surface area contributed by atoms with Crippen LogP contribution in [0.2, 0.25) is 5.02 Å². The van der Waals surface area contributed by atoms with Gasteiger partial charge < -0.3 is 50.6 Å². The number of aromatic amines is 1. The van der Waals surface area contributed by atoms with Crippen LogP contribution in [0.1, 0.15) is 78.0 Å². The summed E-state index contributed by atoms with van der Waals surface area (Å²) >= 11 is 6.98. The molecule has 5 heterocycles. The van der Waals surface area contributed by atoms with Gasteiger partial charge in [0.05, 0.1) is 17.6 Å². The molecule has 8 N–H and O–H groups in total. The lowest BCUT2D eigenvalue weighted by molar-refractivity contribution is -0.143. The monoisotopic (exact) mass is 1020 g/mol. The predicted molar refractivity (Wildman–Crippen MR) is 258 cm³/mol. The number of piperazine rings is 1. The highest BCUT2D eigenvalue weighted by Gasteiger charge is 2.50. The molecule has 1 aromatic heterocycles. The Kier molecular flexibility index (Phi) is 15.5. The van der Waals surface area contributed by atoms with Crippen molar-refractivity contribution in [3.8, 4) is 5.75 Å². The first-order chi connectivity index (χ1) is 33.7. The Labute approximate surface area is 412 Å². The third-order valence-corrected chi connectivity index (χ3v) is 15.2. The van der Waals surface area contributed by atoms with Gasteiger partial charge in [0.2, 0.25) is 29.5 Å². The van der Waals surface area contributed by atoms with E-state index in [1.165, 1.54) is 17.0 Å². The Morgan fingerprint density at radius 1 is 0.972 bits per heavy atom. The third-order valence-electron chi connectivity index (χ3n) is 13.8. The first-order valence-corrected chi connectivity index (χ1v) is 25.5. The quantitative estimate of drug-likeness (QED) is 0.0627. The number of fused-ring (bicyclic) bond motifs is 2. The molecular weight excluding hydrogens is 967 g/mol. The van der Waals surface area contributed by atoms with Crippen molar-refractivity contribution in [2.75, 3.05) is 57.8 Å².